The summed E-state index contributed by atoms with van der Waals surface area (Å²) in [7, 11) is 0. The Morgan fingerprint density at radius 1 is 1.22 bits per heavy atom. The van der Waals surface area contributed by atoms with Crippen LogP contribution in [-0.2, 0) is 0 Å². The summed E-state index contributed by atoms with van der Waals surface area (Å²) in [6, 6.07) is 16.0. The minimum atomic E-state index is -1.02. The molecule has 23 heavy (non-hydrogen) atoms. The molecular weight excluding hydrogens is 292 g/mol. The van der Waals surface area contributed by atoms with E-state index in [-0.39, 0.29) is 11.3 Å². The second-order valence-corrected chi connectivity index (χ2v) is 5.04. The van der Waals surface area contributed by atoms with Gasteiger partial charge in [-0.3, -0.25) is 0 Å². The first-order valence-corrected chi connectivity index (χ1v) is 6.86. The van der Waals surface area contributed by atoms with Gasteiger partial charge in [-0.15, -0.1) is 5.10 Å². The fourth-order valence-electron chi connectivity index (χ4n) is 2.36. The third kappa shape index (κ3) is 2.68. The van der Waals surface area contributed by atoms with Gasteiger partial charge in [0, 0.05) is 5.56 Å². The highest BCUT2D eigenvalue weighted by molar-refractivity contribution is 5.88. The van der Waals surface area contributed by atoms with Crippen molar-refractivity contribution in [2.45, 2.75) is 6.92 Å². The molecule has 0 radical (unpaired) electrons. The first kappa shape index (κ1) is 14.5. The summed E-state index contributed by atoms with van der Waals surface area (Å²) in [6.45, 7) is 1.95. The van der Waals surface area contributed by atoms with E-state index in [1.807, 2.05) is 37.3 Å². The number of carboxylic acid groups (broad SMARTS) is 1. The van der Waals surface area contributed by atoms with Crippen molar-refractivity contribution in [3.63, 3.8) is 0 Å². The van der Waals surface area contributed by atoms with Crippen LogP contribution in [0.25, 0.3) is 16.9 Å². The maximum absolute atomic E-state index is 11.1. The first-order chi connectivity index (χ1) is 11.1. The summed E-state index contributed by atoms with van der Waals surface area (Å²) >= 11 is 0. The van der Waals surface area contributed by atoms with Gasteiger partial charge in [0.15, 0.2) is 5.69 Å². The van der Waals surface area contributed by atoms with Crippen LogP contribution in [0.3, 0.4) is 0 Å². The SMILES string of the molecule is Cc1cccc(-c2c(C#N)nnn2-c2cccc(C(=O)O)c2)c1. The van der Waals surface area contributed by atoms with Crippen molar-refractivity contribution in [1.29, 1.82) is 5.26 Å². The van der Waals surface area contributed by atoms with Crippen molar-refractivity contribution >= 4 is 5.97 Å². The molecule has 2 aromatic carbocycles. The molecule has 0 saturated heterocycles. The van der Waals surface area contributed by atoms with E-state index < -0.39 is 5.97 Å². The maximum Gasteiger partial charge on any atom is 0.335 e. The number of benzene rings is 2. The standard InChI is InChI=1S/C17H12N4O2/c1-11-4-2-5-12(8-11)16-15(10-18)19-20-21(16)14-7-3-6-13(9-14)17(22)23/h2-9H,1H3,(H,22,23). The number of rotatable bonds is 3. The molecule has 0 aliphatic carbocycles. The van der Waals surface area contributed by atoms with Crippen molar-refractivity contribution in [3.05, 3.63) is 65.4 Å². The molecule has 0 atom stereocenters. The molecule has 0 aliphatic heterocycles. The van der Waals surface area contributed by atoms with Crippen LogP contribution >= 0.6 is 0 Å². The van der Waals surface area contributed by atoms with Crippen molar-refractivity contribution < 1.29 is 9.90 Å². The number of aromatic carboxylic acids is 1. The van der Waals surface area contributed by atoms with Crippen LogP contribution in [0.15, 0.2) is 48.5 Å². The van der Waals surface area contributed by atoms with Crippen LogP contribution < -0.4 is 0 Å². The fraction of sp³-hybridized carbons (Fsp3) is 0.0588. The Hall–Kier alpha value is -3.46. The Bertz CT molecular complexity index is 938. The Kier molecular flexibility index (Phi) is 3.61. The lowest BCUT2D eigenvalue weighted by atomic mass is 10.1. The predicted molar refractivity (Wildman–Crippen MR) is 83.2 cm³/mol. The first-order valence-electron chi connectivity index (χ1n) is 6.86. The summed E-state index contributed by atoms with van der Waals surface area (Å²) < 4.78 is 1.49. The molecule has 0 saturated carbocycles. The van der Waals surface area contributed by atoms with E-state index in [0.29, 0.717) is 11.4 Å². The van der Waals surface area contributed by atoms with Crippen LogP contribution in [0.4, 0.5) is 0 Å². The Labute approximate surface area is 132 Å². The van der Waals surface area contributed by atoms with E-state index in [0.717, 1.165) is 11.1 Å². The summed E-state index contributed by atoms with van der Waals surface area (Å²) in [5.74, 6) is -1.02. The molecule has 1 heterocycles. The highest BCUT2D eigenvalue weighted by Gasteiger charge is 2.17. The number of nitrogens with zero attached hydrogens (tertiary/aromatic N) is 4. The minimum Gasteiger partial charge on any atom is -0.478 e. The topological polar surface area (TPSA) is 91.8 Å². The highest BCUT2D eigenvalue weighted by atomic mass is 16.4. The molecule has 0 bridgehead atoms. The van der Waals surface area contributed by atoms with Gasteiger partial charge in [-0.1, -0.05) is 35.0 Å². The van der Waals surface area contributed by atoms with E-state index in [4.69, 9.17) is 5.11 Å². The number of carboxylic acids is 1. The second-order valence-electron chi connectivity index (χ2n) is 5.04. The molecule has 112 valence electrons. The van der Waals surface area contributed by atoms with E-state index >= 15 is 0 Å². The molecule has 1 N–H and O–H groups in total. The number of nitriles is 1. The van der Waals surface area contributed by atoms with Crippen LogP contribution in [-0.4, -0.2) is 26.1 Å². The quantitative estimate of drug-likeness (QED) is 0.803. The van der Waals surface area contributed by atoms with Gasteiger partial charge in [0.2, 0.25) is 0 Å². The van der Waals surface area contributed by atoms with E-state index in [9.17, 15) is 10.1 Å². The van der Waals surface area contributed by atoms with Crippen LogP contribution in [0, 0.1) is 18.3 Å². The second kappa shape index (κ2) is 5.73. The molecule has 6 heteroatoms. The van der Waals surface area contributed by atoms with Gasteiger partial charge >= 0.3 is 5.97 Å². The molecule has 3 rings (SSSR count). The van der Waals surface area contributed by atoms with Crippen molar-refractivity contribution in [1.82, 2.24) is 15.0 Å². The van der Waals surface area contributed by atoms with Gasteiger partial charge in [-0.2, -0.15) is 5.26 Å². The Morgan fingerprint density at radius 2 is 2.00 bits per heavy atom. The predicted octanol–water partition coefficient (Wildman–Crippen LogP) is 2.81. The van der Waals surface area contributed by atoms with Gasteiger partial charge in [-0.25, -0.2) is 9.48 Å². The smallest absolute Gasteiger partial charge is 0.335 e. The molecule has 1 aromatic heterocycles. The minimum absolute atomic E-state index is 0.145. The zero-order chi connectivity index (χ0) is 16.4. The van der Waals surface area contributed by atoms with Gasteiger partial charge in [0.25, 0.3) is 0 Å². The van der Waals surface area contributed by atoms with Crippen LogP contribution in [0.1, 0.15) is 21.6 Å². The van der Waals surface area contributed by atoms with E-state index in [2.05, 4.69) is 10.3 Å². The monoisotopic (exact) mass is 304 g/mol. The average molecular weight is 304 g/mol. The molecule has 0 aliphatic rings. The van der Waals surface area contributed by atoms with Crippen molar-refractivity contribution in [3.8, 4) is 23.0 Å². The number of carbonyl (C=O) groups is 1. The number of hydrogen-bond donors (Lipinski definition) is 1. The normalized spacial score (nSPS) is 10.3. The van der Waals surface area contributed by atoms with Gasteiger partial charge in [0.1, 0.15) is 11.8 Å². The maximum atomic E-state index is 11.1. The molecule has 0 amide bonds. The number of aryl methyl sites for hydroxylation is 1. The van der Waals surface area contributed by atoms with Crippen molar-refractivity contribution in [2.24, 2.45) is 0 Å². The summed E-state index contributed by atoms with van der Waals surface area (Å²) in [4.78, 5) is 11.1. The van der Waals surface area contributed by atoms with Crippen LogP contribution in [0.2, 0.25) is 0 Å². The zero-order valence-electron chi connectivity index (χ0n) is 12.3. The third-order valence-corrected chi connectivity index (χ3v) is 3.41. The molecule has 0 unspecified atom stereocenters. The third-order valence-electron chi connectivity index (χ3n) is 3.41. The van der Waals surface area contributed by atoms with E-state index in [1.54, 1.807) is 12.1 Å². The molecular formula is C17H12N4O2. The Morgan fingerprint density at radius 3 is 2.70 bits per heavy atom. The summed E-state index contributed by atoms with van der Waals surface area (Å²) in [6.07, 6.45) is 0. The molecule has 6 nitrogen and oxygen atoms in total. The van der Waals surface area contributed by atoms with Crippen LogP contribution in [0.5, 0.6) is 0 Å². The lowest BCUT2D eigenvalue weighted by Crippen LogP contribution is -2.03. The van der Waals surface area contributed by atoms with Gasteiger partial charge < -0.3 is 5.11 Å². The van der Waals surface area contributed by atoms with Gasteiger partial charge in [0.05, 0.1) is 11.3 Å². The van der Waals surface area contributed by atoms with E-state index in [1.165, 1.54) is 16.8 Å². The largest absolute Gasteiger partial charge is 0.478 e. The lowest BCUT2D eigenvalue weighted by molar-refractivity contribution is 0.0697. The number of hydrogen-bond acceptors (Lipinski definition) is 4. The molecule has 0 spiro atoms. The average Bonchev–Trinajstić information content (AvgIpc) is 2.99. The fourth-order valence-corrected chi connectivity index (χ4v) is 2.36. The summed E-state index contributed by atoms with van der Waals surface area (Å²) in [5.41, 5.74) is 3.25. The Balaban J connectivity index is 2.22. The zero-order valence-corrected chi connectivity index (χ0v) is 12.3. The number of aromatic nitrogens is 3. The molecule has 3 aromatic rings. The van der Waals surface area contributed by atoms with Crippen molar-refractivity contribution in [2.75, 3.05) is 0 Å². The highest BCUT2D eigenvalue weighted by Crippen LogP contribution is 2.26. The molecule has 0 fully saturated rings. The summed E-state index contributed by atoms with van der Waals surface area (Å²) in [5, 5.41) is 26.3. The lowest BCUT2D eigenvalue weighted by Gasteiger charge is -2.08. The van der Waals surface area contributed by atoms with Gasteiger partial charge in [-0.05, 0) is 31.2 Å².